The van der Waals surface area contributed by atoms with Crippen molar-refractivity contribution in [2.24, 2.45) is 0 Å². The van der Waals surface area contributed by atoms with E-state index in [1.807, 2.05) is 6.07 Å². The lowest BCUT2D eigenvalue weighted by Gasteiger charge is -2.16. The number of nitrogens with zero attached hydrogens (tertiary/aromatic N) is 1. The summed E-state index contributed by atoms with van der Waals surface area (Å²) in [5.74, 6) is -0.556. The molecule has 0 amide bonds. The van der Waals surface area contributed by atoms with Crippen LogP contribution in [0, 0.1) is 11.3 Å². The minimum atomic E-state index is -4.52. The van der Waals surface area contributed by atoms with Crippen LogP contribution >= 0.6 is 0 Å². The largest absolute Gasteiger partial charge is 0.414 e. The van der Waals surface area contributed by atoms with Gasteiger partial charge >= 0.3 is 6.18 Å². The average molecular weight is 307 g/mol. The Balaban J connectivity index is 2.64. The smallest absolute Gasteiger partial charge is 0.368 e. The van der Waals surface area contributed by atoms with E-state index in [1.54, 1.807) is 0 Å². The molecule has 1 unspecified atom stereocenters. The van der Waals surface area contributed by atoms with Gasteiger partial charge in [-0.2, -0.15) is 18.4 Å². The van der Waals surface area contributed by atoms with Gasteiger partial charge in [-0.05, 0) is 31.2 Å². The number of nitriles is 1. The summed E-state index contributed by atoms with van der Waals surface area (Å²) in [5.41, 5.74) is 0.297. The standard InChI is InChI=1S/C12H12F3NO3S/c1-9(12(13,14)15)19-6-7-20(17,18)11-4-2-10(8-16)3-5-11/h2-5,9H,6-7H2,1H3. The molecule has 0 saturated heterocycles. The third kappa shape index (κ3) is 4.51. The molecule has 0 radical (unpaired) electrons. The first-order chi connectivity index (χ1) is 9.16. The van der Waals surface area contributed by atoms with Crippen LogP contribution in [0.5, 0.6) is 0 Å². The molecule has 1 aromatic rings. The van der Waals surface area contributed by atoms with Crippen LogP contribution in [-0.4, -0.2) is 33.1 Å². The van der Waals surface area contributed by atoms with Crippen molar-refractivity contribution in [3.63, 3.8) is 0 Å². The Labute approximate surface area is 114 Å². The molecule has 1 aromatic carbocycles. The van der Waals surface area contributed by atoms with Crippen molar-refractivity contribution in [3.05, 3.63) is 29.8 Å². The van der Waals surface area contributed by atoms with Gasteiger partial charge in [0.15, 0.2) is 15.9 Å². The normalized spacial score (nSPS) is 13.8. The maximum Gasteiger partial charge on any atom is 0.414 e. The van der Waals surface area contributed by atoms with Crippen molar-refractivity contribution in [3.8, 4) is 6.07 Å². The maximum atomic E-state index is 12.2. The summed E-state index contributed by atoms with van der Waals surface area (Å²) in [7, 11) is -3.73. The van der Waals surface area contributed by atoms with Gasteiger partial charge in [0.2, 0.25) is 0 Å². The SMILES string of the molecule is CC(OCCS(=O)(=O)c1ccc(C#N)cc1)C(F)(F)F. The average Bonchev–Trinajstić information content (AvgIpc) is 2.37. The zero-order valence-electron chi connectivity index (χ0n) is 10.5. The number of sulfone groups is 1. The molecule has 4 nitrogen and oxygen atoms in total. The van der Waals surface area contributed by atoms with Crippen LogP contribution < -0.4 is 0 Å². The second kappa shape index (κ2) is 6.24. The summed E-state index contributed by atoms with van der Waals surface area (Å²) in [6, 6.07) is 6.96. The van der Waals surface area contributed by atoms with Crippen LogP contribution in [0.15, 0.2) is 29.2 Å². The summed E-state index contributed by atoms with van der Waals surface area (Å²) in [6.07, 6.45) is -6.53. The highest BCUT2D eigenvalue weighted by atomic mass is 32.2. The highest BCUT2D eigenvalue weighted by molar-refractivity contribution is 7.91. The Morgan fingerprint density at radius 2 is 1.85 bits per heavy atom. The minimum Gasteiger partial charge on any atom is -0.368 e. The zero-order chi connectivity index (χ0) is 15.4. The van der Waals surface area contributed by atoms with Gasteiger partial charge in [-0.25, -0.2) is 8.42 Å². The van der Waals surface area contributed by atoms with Crippen molar-refractivity contribution in [2.45, 2.75) is 24.1 Å². The molecule has 0 aliphatic heterocycles. The van der Waals surface area contributed by atoms with Crippen molar-refractivity contribution in [1.82, 2.24) is 0 Å². The molecule has 0 saturated carbocycles. The van der Waals surface area contributed by atoms with Crippen LogP contribution in [0.25, 0.3) is 0 Å². The third-order valence-electron chi connectivity index (χ3n) is 2.52. The second-order valence-corrected chi connectivity index (χ2v) is 6.12. The fourth-order valence-electron chi connectivity index (χ4n) is 1.28. The first-order valence-corrected chi connectivity index (χ1v) is 7.23. The number of hydrogen-bond acceptors (Lipinski definition) is 4. The Bertz CT molecular complexity index is 588. The first-order valence-electron chi connectivity index (χ1n) is 5.58. The predicted octanol–water partition coefficient (Wildman–Crippen LogP) is 2.30. The lowest BCUT2D eigenvalue weighted by Crippen LogP contribution is -2.30. The lowest BCUT2D eigenvalue weighted by atomic mass is 10.2. The fraction of sp³-hybridized carbons (Fsp3) is 0.417. The molecule has 20 heavy (non-hydrogen) atoms. The van der Waals surface area contributed by atoms with E-state index in [9.17, 15) is 21.6 Å². The number of alkyl halides is 3. The molecule has 0 heterocycles. The van der Waals surface area contributed by atoms with Gasteiger partial charge in [-0.3, -0.25) is 0 Å². The van der Waals surface area contributed by atoms with Gasteiger partial charge in [0.25, 0.3) is 0 Å². The molecule has 0 aromatic heterocycles. The van der Waals surface area contributed by atoms with Crippen LogP contribution in [0.2, 0.25) is 0 Å². The Kier molecular flexibility index (Phi) is 5.14. The highest BCUT2D eigenvalue weighted by Crippen LogP contribution is 2.22. The molecule has 0 aliphatic carbocycles. The quantitative estimate of drug-likeness (QED) is 0.837. The van der Waals surface area contributed by atoms with Crippen molar-refractivity contribution < 1.29 is 26.3 Å². The predicted molar refractivity (Wildman–Crippen MR) is 64.7 cm³/mol. The number of rotatable bonds is 5. The summed E-state index contributed by atoms with van der Waals surface area (Å²) in [6.45, 7) is 0.261. The molecule has 8 heteroatoms. The van der Waals surface area contributed by atoms with Crippen molar-refractivity contribution >= 4 is 9.84 Å². The van der Waals surface area contributed by atoms with E-state index in [0.717, 1.165) is 6.92 Å². The molecule has 0 bridgehead atoms. The van der Waals surface area contributed by atoms with Crippen LogP contribution in [0.3, 0.4) is 0 Å². The van der Waals surface area contributed by atoms with Crippen molar-refractivity contribution in [1.29, 1.82) is 5.26 Å². The topological polar surface area (TPSA) is 67.2 Å². The van der Waals surface area contributed by atoms with Crippen molar-refractivity contribution in [2.75, 3.05) is 12.4 Å². The molecule has 110 valence electrons. The maximum absolute atomic E-state index is 12.2. The summed E-state index contributed by atoms with van der Waals surface area (Å²) < 4.78 is 64.6. The van der Waals surface area contributed by atoms with Gasteiger partial charge in [-0.1, -0.05) is 0 Å². The van der Waals surface area contributed by atoms with Gasteiger partial charge in [-0.15, -0.1) is 0 Å². The second-order valence-electron chi connectivity index (χ2n) is 4.01. The van der Waals surface area contributed by atoms with Gasteiger partial charge in [0.05, 0.1) is 28.9 Å². The Morgan fingerprint density at radius 3 is 2.30 bits per heavy atom. The monoisotopic (exact) mass is 307 g/mol. The minimum absolute atomic E-state index is 0.0558. The van der Waals surface area contributed by atoms with E-state index in [1.165, 1.54) is 24.3 Å². The van der Waals surface area contributed by atoms with Crippen LogP contribution in [0.4, 0.5) is 13.2 Å². The summed E-state index contributed by atoms with van der Waals surface area (Å²) in [5, 5.41) is 8.58. The van der Waals surface area contributed by atoms with E-state index in [-0.39, 0.29) is 4.90 Å². The number of hydrogen-bond donors (Lipinski definition) is 0. The first kappa shape index (κ1) is 16.5. The van der Waals surface area contributed by atoms with Crippen LogP contribution in [-0.2, 0) is 14.6 Å². The molecule has 0 aliphatic rings. The van der Waals surface area contributed by atoms with E-state index in [2.05, 4.69) is 4.74 Å². The molecular formula is C12H12F3NO3S. The molecular weight excluding hydrogens is 295 g/mol. The van der Waals surface area contributed by atoms with Gasteiger partial charge < -0.3 is 4.74 Å². The summed E-state index contributed by atoms with van der Waals surface area (Å²) >= 11 is 0. The number of benzene rings is 1. The Morgan fingerprint density at radius 1 is 1.30 bits per heavy atom. The number of halogens is 3. The van der Waals surface area contributed by atoms with E-state index < -0.39 is 34.5 Å². The fourth-order valence-corrected chi connectivity index (χ4v) is 2.39. The van der Waals surface area contributed by atoms with Gasteiger partial charge in [0, 0.05) is 0 Å². The van der Waals surface area contributed by atoms with Crippen LogP contribution in [0.1, 0.15) is 12.5 Å². The highest BCUT2D eigenvalue weighted by Gasteiger charge is 2.37. The zero-order valence-corrected chi connectivity index (χ0v) is 11.3. The molecule has 0 fully saturated rings. The molecule has 1 atom stereocenters. The summed E-state index contributed by atoms with van der Waals surface area (Å²) in [4.78, 5) is -0.0558. The lowest BCUT2D eigenvalue weighted by molar-refractivity contribution is -0.212. The molecule has 1 rings (SSSR count). The third-order valence-corrected chi connectivity index (χ3v) is 4.22. The van der Waals surface area contributed by atoms with E-state index in [0.29, 0.717) is 5.56 Å². The van der Waals surface area contributed by atoms with E-state index >= 15 is 0 Å². The van der Waals surface area contributed by atoms with E-state index in [4.69, 9.17) is 5.26 Å². The Hall–Kier alpha value is -1.59. The number of ether oxygens (including phenoxy) is 1. The van der Waals surface area contributed by atoms with Gasteiger partial charge in [0.1, 0.15) is 0 Å². The molecule has 0 spiro atoms. The molecule has 0 N–H and O–H groups in total.